The molecule has 0 atom stereocenters. The van der Waals surface area contributed by atoms with Crippen molar-refractivity contribution in [3.63, 3.8) is 0 Å². The van der Waals surface area contributed by atoms with Crippen LogP contribution >= 0.6 is 27.5 Å². The number of alkyl halides is 3. The minimum absolute atomic E-state index is 0.0646. The number of hydrogen-bond acceptors (Lipinski definition) is 12. The number of rotatable bonds is 9. The second kappa shape index (κ2) is 15.9. The first-order chi connectivity index (χ1) is 23.6. The van der Waals surface area contributed by atoms with Crippen LogP contribution in [0.1, 0.15) is 40.3 Å². The van der Waals surface area contributed by atoms with Gasteiger partial charge in [0.1, 0.15) is 17.1 Å². The molecule has 0 aliphatic heterocycles. The highest BCUT2D eigenvalue weighted by Gasteiger charge is 2.39. The molecule has 4 rings (SSSR count). The Bertz CT molecular complexity index is 2070. The third-order valence-electron chi connectivity index (χ3n) is 6.05. The van der Waals surface area contributed by atoms with Crippen LogP contribution in [0.4, 0.5) is 28.3 Å². The van der Waals surface area contributed by atoms with Crippen molar-refractivity contribution in [3.8, 4) is 23.0 Å². The van der Waals surface area contributed by atoms with Gasteiger partial charge in [-0.3, -0.25) is 14.7 Å². The normalized spacial score (nSPS) is 11.4. The Kier molecular flexibility index (Phi) is 12.6. The van der Waals surface area contributed by atoms with Crippen LogP contribution in [0.2, 0.25) is 5.02 Å². The lowest BCUT2D eigenvalue weighted by Crippen LogP contribution is -2.36. The van der Waals surface area contributed by atoms with Gasteiger partial charge in [0.25, 0.3) is 10.0 Å². The molecule has 3 heterocycles. The highest BCUT2D eigenvalue weighted by molar-refractivity contribution is 9.10. The molecule has 0 saturated carbocycles. The highest BCUT2D eigenvalue weighted by Crippen LogP contribution is 2.41. The Labute approximate surface area is 299 Å². The van der Waals surface area contributed by atoms with E-state index in [-0.39, 0.29) is 39.6 Å². The van der Waals surface area contributed by atoms with Gasteiger partial charge in [0.2, 0.25) is 17.7 Å². The molecule has 0 aliphatic rings. The number of methoxy groups -OCH3 is 2. The fraction of sp³-hybridized carbons (Fsp3) is 0.296. The molecule has 0 fully saturated rings. The topological polar surface area (TPSA) is 219 Å². The molecule has 4 aromatic rings. The second-order valence-electron chi connectivity index (χ2n) is 10.0. The smallest absolute Gasteiger partial charge is 0.434 e. The number of benzene rings is 1. The maximum absolute atomic E-state index is 14.3. The molecule has 1 aromatic carbocycles. The maximum Gasteiger partial charge on any atom is 0.434 e. The molecule has 0 unspecified atom stereocenters. The van der Waals surface area contributed by atoms with E-state index in [4.69, 9.17) is 30.9 Å². The zero-order valence-corrected chi connectivity index (χ0v) is 30.1. The van der Waals surface area contributed by atoms with E-state index in [1.165, 1.54) is 27.3 Å². The number of carbonyl (C=O) groups is 3. The Morgan fingerprint density at radius 3 is 2.10 bits per heavy atom. The predicted molar refractivity (Wildman–Crippen MR) is 172 cm³/mol. The van der Waals surface area contributed by atoms with E-state index in [1.54, 1.807) is 18.6 Å². The summed E-state index contributed by atoms with van der Waals surface area (Å²) in [6.07, 6.45) is -4.29. The lowest BCUT2D eigenvalue weighted by atomic mass is 10.1. The molecule has 3 N–H and O–H groups in total. The number of aryl methyl sites for hydroxylation is 2. The van der Waals surface area contributed by atoms with Crippen LogP contribution in [-0.2, 0) is 35.0 Å². The van der Waals surface area contributed by atoms with Gasteiger partial charge in [0.15, 0.2) is 10.7 Å². The summed E-state index contributed by atoms with van der Waals surface area (Å²) in [7, 11) is 0.416. The number of nitrogens with zero attached hydrogens (tertiary/aromatic N) is 6. The van der Waals surface area contributed by atoms with Crippen molar-refractivity contribution < 1.29 is 59.7 Å². The molecule has 276 valence electrons. The van der Waals surface area contributed by atoms with Crippen molar-refractivity contribution in [1.82, 2.24) is 34.3 Å². The van der Waals surface area contributed by atoms with E-state index < -0.39 is 66.8 Å². The van der Waals surface area contributed by atoms with Gasteiger partial charge in [-0.15, -0.1) is 0 Å². The Morgan fingerprint density at radius 1 is 1.02 bits per heavy atom. The summed E-state index contributed by atoms with van der Waals surface area (Å²) in [5.41, 5.74) is -2.45. The van der Waals surface area contributed by atoms with Gasteiger partial charge in [0, 0.05) is 19.7 Å². The number of halogens is 6. The number of sulfonamides is 1. The number of carbonyl (C=O) groups excluding carboxylic acids is 2. The van der Waals surface area contributed by atoms with Crippen LogP contribution in [0.25, 0.3) is 11.3 Å². The highest BCUT2D eigenvalue weighted by atomic mass is 79.9. The number of carboxylic acids is 1. The second-order valence-corrected chi connectivity index (χ2v) is 12.8. The van der Waals surface area contributed by atoms with Crippen LogP contribution in [0, 0.1) is 5.82 Å². The fourth-order valence-corrected chi connectivity index (χ4v) is 6.22. The maximum atomic E-state index is 14.3. The first-order valence-electron chi connectivity index (χ1n) is 13.7. The standard InChI is InChI=1S/C15H12BrClF4N2O2.C12H14N6O7S/c1-6(2)25-14(24)7-4-8(10(18)5-9(7)17)12-11(16)13(15(19,20)21)23(3)22-12;1-18-9(6(5-13-18)10(19)20)26(22,23)17-12(21)16-11-14-7(24-2)4-8(15-11)25-3/h4-6H,1-3H3;4-5H,1-3H3,(H,19,20)(H2,14,15,16,17,21). The van der Waals surface area contributed by atoms with Gasteiger partial charge in [-0.1, -0.05) is 11.6 Å². The van der Waals surface area contributed by atoms with Crippen molar-refractivity contribution in [3.05, 3.63) is 56.5 Å². The van der Waals surface area contributed by atoms with E-state index in [9.17, 15) is 40.4 Å². The van der Waals surface area contributed by atoms with E-state index in [1.807, 2.05) is 0 Å². The monoisotopic (exact) mass is 828 g/mol. The first-order valence-corrected chi connectivity index (χ1v) is 16.3. The summed E-state index contributed by atoms with van der Waals surface area (Å²) in [6, 6.07) is 1.98. The number of carboxylic acid groups (broad SMARTS) is 1. The van der Waals surface area contributed by atoms with E-state index in [0.29, 0.717) is 4.68 Å². The summed E-state index contributed by atoms with van der Waals surface area (Å²) in [5.74, 6) is -3.41. The molecular weight excluding hydrogens is 804 g/mol. The lowest BCUT2D eigenvalue weighted by Gasteiger charge is -2.11. The van der Waals surface area contributed by atoms with Crippen molar-refractivity contribution in [1.29, 1.82) is 0 Å². The summed E-state index contributed by atoms with van der Waals surface area (Å²) >= 11 is 8.67. The number of esters is 1. The number of hydrogen-bond donors (Lipinski definition) is 3. The summed E-state index contributed by atoms with van der Waals surface area (Å²) in [5, 5.41) is 17.5. The number of nitrogens with one attached hydrogen (secondary N) is 2. The summed E-state index contributed by atoms with van der Waals surface area (Å²) in [4.78, 5) is 42.7. The number of anilines is 1. The van der Waals surface area contributed by atoms with Crippen molar-refractivity contribution in [2.75, 3.05) is 19.5 Å². The molecule has 0 radical (unpaired) electrons. The Hall–Kier alpha value is -5.03. The van der Waals surface area contributed by atoms with Gasteiger partial charge < -0.3 is 19.3 Å². The SMILES string of the molecule is CC(C)OC(=O)c1cc(-c2nn(C)c(C(F)(F)F)c2Br)c(F)cc1Cl.COc1cc(OC)nc(NC(=O)NS(=O)(=O)c2c(C(=O)O)cnn2C)n1. The van der Waals surface area contributed by atoms with Crippen molar-refractivity contribution >= 4 is 61.5 Å². The van der Waals surface area contributed by atoms with E-state index >= 15 is 0 Å². The third-order valence-corrected chi connectivity index (χ3v) is 8.56. The van der Waals surface area contributed by atoms with Gasteiger partial charge in [0.05, 0.1) is 47.6 Å². The van der Waals surface area contributed by atoms with Crippen LogP contribution in [0.3, 0.4) is 0 Å². The van der Waals surface area contributed by atoms with Crippen molar-refractivity contribution in [2.24, 2.45) is 14.1 Å². The Balaban J connectivity index is 0.000000276. The average Bonchev–Trinajstić information content (AvgIpc) is 3.55. The molecule has 51 heavy (non-hydrogen) atoms. The zero-order chi connectivity index (χ0) is 38.6. The van der Waals surface area contributed by atoms with Gasteiger partial charge >= 0.3 is 24.1 Å². The molecular formula is C27H26BrClF4N8O9S. The third kappa shape index (κ3) is 9.61. The summed E-state index contributed by atoms with van der Waals surface area (Å²) < 4.78 is 95.5. The van der Waals surface area contributed by atoms with E-state index in [2.05, 4.69) is 41.4 Å². The minimum Gasteiger partial charge on any atom is -0.481 e. The van der Waals surface area contributed by atoms with E-state index in [0.717, 1.165) is 30.1 Å². The molecule has 3 aromatic heterocycles. The molecule has 17 nitrogen and oxygen atoms in total. The molecule has 0 aliphatic carbocycles. The Morgan fingerprint density at radius 2 is 1.61 bits per heavy atom. The molecule has 0 bridgehead atoms. The largest absolute Gasteiger partial charge is 0.481 e. The van der Waals surface area contributed by atoms with Crippen LogP contribution in [0.5, 0.6) is 11.8 Å². The van der Waals surface area contributed by atoms with Gasteiger partial charge in [-0.25, -0.2) is 23.5 Å². The quantitative estimate of drug-likeness (QED) is 0.155. The molecule has 24 heteroatoms. The average molecular weight is 830 g/mol. The number of urea groups is 1. The number of amides is 2. The van der Waals surface area contributed by atoms with Crippen LogP contribution in [-0.4, -0.2) is 81.3 Å². The zero-order valence-electron chi connectivity index (χ0n) is 27.0. The van der Waals surface area contributed by atoms with Crippen LogP contribution < -0.4 is 19.5 Å². The molecule has 0 spiro atoms. The van der Waals surface area contributed by atoms with Gasteiger partial charge in [-0.05, 0) is 41.9 Å². The number of aromatic carboxylic acids is 1. The molecule has 0 saturated heterocycles. The van der Waals surface area contributed by atoms with Crippen LogP contribution in [0.15, 0.2) is 33.9 Å². The molecule has 2 amide bonds. The minimum atomic E-state index is -4.69. The summed E-state index contributed by atoms with van der Waals surface area (Å²) in [6.45, 7) is 3.22. The van der Waals surface area contributed by atoms with Gasteiger partial charge in [-0.2, -0.15) is 41.8 Å². The fourth-order valence-electron chi connectivity index (χ4n) is 4.00. The number of ether oxygens (including phenoxy) is 3. The lowest BCUT2D eigenvalue weighted by molar-refractivity contribution is -0.144. The first kappa shape index (κ1) is 40.4. The van der Waals surface area contributed by atoms with Crippen molar-refractivity contribution in [2.45, 2.75) is 31.2 Å². The number of aromatic nitrogens is 6. The predicted octanol–water partition coefficient (Wildman–Crippen LogP) is 4.66.